The molecule has 0 spiro atoms. The minimum atomic E-state index is -2.97. The summed E-state index contributed by atoms with van der Waals surface area (Å²) in [5.74, 6) is 0.0990. The molecule has 3 aromatic rings. The fourth-order valence-electron chi connectivity index (χ4n) is 3.52. The zero-order chi connectivity index (χ0) is 21.7. The topological polar surface area (TPSA) is 40.6 Å². The van der Waals surface area contributed by atoms with Crippen LogP contribution in [-0.4, -0.2) is 24.5 Å². The van der Waals surface area contributed by atoms with E-state index < -0.39 is 12.9 Å². The van der Waals surface area contributed by atoms with Gasteiger partial charge < -0.3 is 14.2 Å². The van der Waals surface area contributed by atoms with Crippen LogP contribution in [0.3, 0.4) is 0 Å². The summed E-state index contributed by atoms with van der Waals surface area (Å²) >= 11 is 7.21. The Hall–Kier alpha value is -2.74. The highest BCUT2D eigenvalue weighted by atomic mass is 35.5. The Bertz CT molecular complexity index is 989. The van der Waals surface area contributed by atoms with E-state index in [-0.39, 0.29) is 15.5 Å². The number of nitrogens with zero attached hydrogens (tertiary/aromatic N) is 2. The molecule has 4 rings (SSSR count). The van der Waals surface area contributed by atoms with E-state index in [1.54, 1.807) is 24.5 Å². The molecule has 162 valence electrons. The lowest BCUT2D eigenvalue weighted by atomic mass is 10.1. The first-order chi connectivity index (χ1) is 15.0. The normalized spacial score (nSPS) is 18.0. The summed E-state index contributed by atoms with van der Waals surface area (Å²) in [6, 6.07) is 18.0. The molecule has 1 aliphatic rings. The first-order valence-electron chi connectivity index (χ1n) is 9.94. The summed E-state index contributed by atoms with van der Waals surface area (Å²) in [7, 11) is 0. The van der Waals surface area contributed by atoms with E-state index in [1.807, 2.05) is 42.5 Å². The predicted molar refractivity (Wildman–Crippen MR) is 114 cm³/mol. The quantitative estimate of drug-likeness (QED) is 0.386. The molecule has 8 heteroatoms. The molecule has 0 amide bonds. The number of alkyl halides is 2. The first kappa shape index (κ1) is 21.5. The van der Waals surface area contributed by atoms with E-state index in [1.165, 1.54) is 6.07 Å². The molecule has 0 saturated carbocycles. The Balaban J connectivity index is 1.76. The van der Waals surface area contributed by atoms with Crippen LogP contribution in [0, 0.1) is 0 Å². The van der Waals surface area contributed by atoms with Gasteiger partial charge in [-0.3, -0.25) is 4.98 Å². The highest BCUT2D eigenvalue weighted by Gasteiger charge is 2.35. The third-order valence-corrected chi connectivity index (χ3v) is 5.50. The van der Waals surface area contributed by atoms with Gasteiger partial charge in [0.1, 0.15) is 6.54 Å². The van der Waals surface area contributed by atoms with Crippen molar-refractivity contribution in [2.45, 2.75) is 32.3 Å². The fourth-order valence-corrected chi connectivity index (χ4v) is 3.88. The third kappa shape index (κ3) is 5.12. The second kappa shape index (κ2) is 9.60. The number of aromatic nitrogens is 1. The van der Waals surface area contributed by atoms with Crippen LogP contribution in [-0.2, 0) is 11.3 Å². The lowest BCUT2D eigenvalue weighted by Gasteiger charge is -2.29. The second-order valence-corrected chi connectivity index (χ2v) is 7.72. The van der Waals surface area contributed by atoms with Crippen molar-refractivity contribution < 1.29 is 23.0 Å². The molecule has 2 unspecified atom stereocenters. The molecule has 2 aromatic carbocycles. The number of pyridine rings is 1. The molecule has 1 saturated heterocycles. The van der Waals surface area contributed by atoms with Crippen LogP contribution in [0.1, 0.15) is 18.4 Å². The van der Waals surface area contributed by atoms with Crippen molar-refractivity contribution in [2.75, 3.05) is 6.61 Å². The summed E-state index contributed by atoms with van der Waals surface area (Å²) in [6.45, 7) is -2.03. The van der Waals surface area contributed by atoms with Crippen LogP contribution in [0.5, 0.6) is 11.5 Å². The summed E-state index contributed by atoms with van der Waals surface area (Å²) in [4.78, 5) is 4.18. The fraction of sp³-hybridized carbons (Fsp3) is 0.261. The maximum Gasteiger partial charge on any atom is 0.387 e. The van der Waals surface area contributed by atoms with Gasteiger partial charge in [-0.25, -0.2) is 0 Å². The van der Waals surface area contributed by atoms with Gasteiger partial charge in [-0.1, -0.05) is 24.3 Å². The van der Waals surface area contributed by atoms with Gasteiger partial charge in [-0.05, 0) is 18.6 Å². The molecular formula is C23H22ClF2N2O3+. The highest BCUT2D eigenvalue weighted by molar-refractivity contribution is 6.24. The number of benzene rings is 2. The van der Waals surface area contributed by atoms with Gasteiger partial charge in [-0.15, -0.1) is 0 Å². The molecule has 0 radical (unpaired) electrons. The lowest BCUT2D eigenvalue weighted by molar-refractivity contribution is -0.0632. The zero-order valence-corrected chi connectivity index (χ0v) is 17.4. The molecule has 0 bridgehead atoms. The Morgan fingerprint density at radius 2 is 1.90 bits per heavy atom. The molecule has 5 nitrogen and oxygen atoms in total. The van der Waals surface area contributed by atoms with E-state index in [0.29, 0.717) is 25.3 Å². The maximum atomic E-state index is 13.0. The smallest absolute Gasteiger partial charge is 0.387 e. The van der Waals surface area contributed by atoms with Gasteiger partial charge in [0.15, 0.2) is 40.9 Å². The van der Waals surface area contributed by atoms with Crippen LogP contribution in [0.15, 0.2) is 73.1 Å². The lowest BCUT2D eigenvalue weighted by Crippen LogP contribution is -2.32. The number of halogens is 3. The molecule has 2 atom stereocenters. The van der Waals surface area contributed by atoms with E-state index >= 15 is 0 Å². The van der Waals surface area contributed by atoms with E-state index in [4.69, 9.17) is 21.3 Å². The van der Waals surface area contributed by atoms with Crippen molar-refractivity contribution >= 4 is 23.2 Å². The number of hydrogen-bond donors (Lipinski definition) is 0. The molecule has 1 fully saturated rings. The molecule has 1 aromatic heterocycles. The summed E-state index contributed by atoms with van der Waals surface area (Å²) in [5.41, 5.74) is 2.35. The van der Waals surface area contributed by atoms with Gasteiger partial charge in [-0.2, -0.15) is 12.8 Å². The van der Waals surface area contributed by atoms with Crippen molar-refractivity contribution in [1.29, 1.82) is 0 Å². The molecule has 0 N–H and O–H groups in total. The molecule has 31 heavy (non-hydrogen) atoms. The van der Waals surface area contributed by atoms with Gasteiger partial charge in [0.2, 0.25) is 0 Å². The molecule has 1 aliphatic heterocycles. The monoisotopic (exact) mass is 447 g/mol. The summed E-state index contributed by atoms with van der Waals surface area (Å²) < 4.78 is 41.8. The van der Waals surface area contributed by atoms with Crippen LogP contribution >= 0.6 is 11.8 Å². The zero-order valence-electron chi connectivity index (χ0n) is 16.7. The van der Waals surface area contributed by atoms with Crippen LogP contribution in [0.4, 0.5) is 20.2 Å². The van der Waals surface area contributed by atoms with Crippen molar-refractivity contribution in [1.82, 2.24) is 8.99 Å². The van der Waals surface area contributed by atoms with Crippen molar-refractivity contribution in [3.63, 3.8) is 0 Å². The third-order valence-electron chi connectivity index (χ3n) is 4.99. The van der Waals surface area contributed by atoms with Gasteiger partial charge in [0.05, 0.1) is 6.61 Å². The van der Waals surface area contributed by atoms with E-state index in [9.17, 15) is 8.78 Å². The Morgan fingerprint density at radius 1 is 1.06 bits per heavy atom. The van der Waals surface area contributed by atoms with E-state index in [2.05, 4.69) is 9.72 Å². The van der Waals surface area contributed by atoms with Crippen LogP contribution < -0.4 is 13.5 Å². The Kier molecular flexibility index (Phi) is 6.65. The van der Waals surface area contributed by atoms with Gasteiger partial charge in [0.25, 0.3) is 0 Å². The number of quaternary nitrogens is 1. The predicted octanol–water partition coefficient (Wildman–Crippen LogP) is 6.19. The second-order valence-electron chi connectivity index (χ2n) is 7.14. The average Bonchev–Trinajstić information content (AvgIpc) is 3.29. The largest absolute Gasteiger partial charge is 0.461 e. The first-order valence-corrected chi connectivity index (χ1v) is 10.3. The number of hydrogen-bond acceptors (Lipinski definition) is 4. The highest BCUT2D eigenvalue weighted by Crippen LogP contribution is 2.44. The molecule has 0 aliphatic carbocycles. The summed E-state index contributed by atoms with van der Waals surface area (Å²) in [5, 5.41) is 0. The molecule has 2 heterocycles. The van der Waals surface area contributed by atoms with Crippen molar-refractivity contribution in [2.24, 2.45) is 0 Å². The minimum Gasteiger partial charge on any atom is -0.461 e. The van der Waals surface area contributed by atoms with Crippen molar-refractivity contribution in [3.8, 4) is 11.5 Å². The number of rotatable bonds is 8. The van der Waals surface area contributed by atoms with Crippen LogP contribution in [0.25, 0.3) is 0 Å². The standard InChI is InChI=1S/C23H22ClF2N2O3/c24-28(18-7-2-1-3-8-18,16-17-6-4-12-27-15-17)19-10-11-20(31-23(25)26)21(14-19)30-22-9-5-13-29-22/h1-4,6-8,10-12,14-15,22-23H,5,9,13,16H2/q+1. The maximum absolute atomic E-state index is 13.0. The minimum absolute atomic E-state index is 0.0630. The Labute approximate surface area is 184 Å². The van der Waals surface area contributed by atoms with E-state index in [0.717, 1.165) is 17.7 Å². The SMILES string of the molecule is FC(F)Oc1ccc([N+](Cl)(Cc2cccnc2)c2ccccc2)cc1OC1CCCO1. The number of ether oxygens (including phenoxy) is 3. The van der Waals surface area contributed by atoms with Gasteiger partial charge >= 0.3 is 6.61 Å². The Morgan fingerprint density at radius 3 is 2.58 bits per heavy atom. The number of para-hydroxylation sites is 1. The summed E-state index contributed by atoms with van der Waals surface area (Å²) in [6.07, 6.45) is 4.45. The van der Waals surface area contributed by atoms with Crippen molar-refractivity contribution in [3.05, 3.63) is 78.6 Å². The van der Waals surface area contributed by atoms with Crippen LogP contribution in [0.2, 0.25) is 0 Å². The molecular weight excluding hydrogens is 426 g/mol. The van der Waals surface area contributed by atoms with Gasteiger partial charge in [0, 0.05) is 48.6 Å². The average molecular weight is 448 g/mol.